The van der Waals surface area contributed by atoms with Gasteiger partial charge in [-0.25, -0.2) is 0 Å². The van der Waals surface area contributed by atoms with Gasteiger partial charge in [0.2, 0.25) is 0 Å². The Balaban J connectivity index is 3.61. The highest BCUT2D eigenvalue weighted by molar-refractivity contribution is 5.61. The number of rotatable bonds is 2. The van der Waals surface area contributed by atoms with E-state index in [-0.39, 0.29) is 0 Å². The summed E-state index contributed by atoms with van der Waals surface area (Å²) >= 11 is 0. The minimum absolute atomic E-state index is 0.341. The second kappa shape index (κ2) is 4.34. The van der Waals surface area contributed by atoms with Crippen LogP contribution in [0, 0.1) is 29.6 Å². The third kappa shape index (κ3) is 1.70. The highest BCUT2D eigenvalue weighted by Crippen LogP contribution is 2.34. The predicted molar refractivity (Wildman–Crippen MR) is 53.7 cm³/mol. The van der Waals surface area contributed by atoms with E-state index < -0.39 is 0 Å². The van der Waals surface area contributed by atoms with Crippen molar-refractivity contribution in [2.75, 3.05) is 14.2 Å². The van der Waals surface area contributed by atoms with E-state index >= 15 is 0 Å². The lowest BCUT2D eigenvalue weighted by molar-refractivity contribution is 0.353. The Bertz CT molecular complexity index is 467. The molecule has 4 heteroatoms. The van der Waals surface area contributed by atoms with Crippen LogP contribution in [0.1, 0.15) is 16.7 Å². The predicted octanol–water partition coefficient (Wildman–Crippen LogP) is 1.76. The smallest absolute Gasteiger partial charge is 0.178 e. The average Bonchev–Trinajstić information content (AvgIpc) is 2.28. The molecule has 0 heterocycles. The SMILES string of the molecule is COc1cc(C#N)c(C)c(C#N)c1OC. The number of hydrogen-bond acceptors (Lipinski definition) is 4. The van der Waals surface area contributed by atoms with Gasteiger partial charge in [0, 0.05) is 6.07 Å². The Labute approximate surface area is 88.3 Å². The van der Waals surface area contributed by atoms with E-state index in [0.717, 1.165) is 0 Å². The zero-order chi connectivity index (χ0) is 11.4. The summed E-state index contributed by atoms with van der Waals surface area (Å²) in [4.78, 5) is 0. The van der Waals surface area contributed by atoms with Crippen LogP contribution in [0.3, 0.4) is 0 Å². The molecule has 1 rings (SSSR count). The fourth-order valence-electron chi connectivity index (χ4n) is 1.34. The summed E-state index contributed by atoms with van der Waals surface area (Å²) in [6.45, 7) is 1.71. The van der Waals surface area contributed by atoms with E-state index in [2.05, 4.69) is 0 Å². The number of hydrogen-bond donors (Lipinski definition) is 0. The van der Waals surface area contributed by atoms with Crippen molar-refractivity contribution >= 4 is 0 Å². The van der Waals surface area contributed by atoms with Gasteiger partial charge in [0.15, 0.2) is 11.5 Å². The summed E-state index contributed by atoms with van der Waals surface area (Å²) < 4.78 is 10.1. The summed E-state index contributed by atoms with van der Waals surface area (Å²) in [5, 5.41) is 17.8. The molecule has 0 aliphatic rings. The number of methoxy groups -OCH3 is 2. The van der Waals surface area contributed by atoms with Gasteiger partial charge < -0.3 is 9.47 Å². The van der Waals surface area contributed by atoms with Crippen LogP contribution in [0.15, 0.2) is 6.07 Å². The average molecular weight is 202 g/mol. The highest BCUT2D eigenvalue weighted by Gasteiger charge is 2.16. The number of nitriles is 2. The zero-order valence-electron chi connectivity index (χ0n) is 8.79. The first-order valence-electron chi connectivity index (χ1n) is 4.25. The van der Waals surface area contributed by atoms with E-state index in [4.69, 9.17) is 20.0 Å². The number of nitrogens with zero attached hydrogens (tertiary/aromatic N) is 2. The van der Waals surface area contributed by atoms with Crippen LogP contribution in [0.2, 0.25) is 0 Å². The molecule has 0 aliphatic heterocycles. The molecule has 0 spiro atoms. The maximum atomic E-state index is 8.98. The van der Waals surface area contributed by atoms with Gasteiger partial charge in [0.05, 0.1) is 25.9 Å². The third-order valence-electron chi connectivity index (χ3n) is 2.16. The lowest BCUT2D eigenvalue weighted by Crippen LogP contribution is -1.98. The quantitative estimate of drug-likeness (QED) is 0.732. The van der Waals surface area contributed by atoms with Gasteiger partial charge in [-0.15, -0.1) is 0 Å². The maximum absolute atomic E-state index is 8.98. The minimum atomic E-state index is 0.341. The first kappa shape index (κ1) is 10.9. The summed E-state index contributed by atoms with van der Waals surface area (Å²) in [6, 6.07) is 5.58. The van der Waals surface area contributed by atoms with Crippen LogP contribution in [-0.4, -0.2) is 14.2 Å². The molecular weight excluding hydrogens is 192 g/mol. The molecule has 0 N–H and O–H groups in total. The molecule has 0 aromatic heterocycles. The molecule has 0 unspecified atom stereocenters. The first-order chi connectivity index (χ1) is 7.19. The molecule has 1 aromatic carbocycles. The van der Waals surface area contributed by atoms with E-state index in [1.165, 1.54) is 14.2 Å². The second-order valence-corrected chi connectivity index (χ2v) is 2.88. The molecule has 76 valence electrons. The van der Waals surface area contributed by atoms with Crippen molar-refractivity contribution in [3.63, 3.8) is 0 Å². The molecule has 4 nitrogen and oxygen atoms in total. The summed E-state index contributed by atoms with van der Waals surface area (Å²) in [5.41, 5.74) is 1.37. The molecule has 0 fully saturated rings. The third-order valence-corrected chi connectivity index (χ3v) is 2.16. The Kier molecular flexibility index (Phi) is 3.15. The Morgan fingerprint density at radius 3 is 2.20 bits per heavy atom. The minimum Gasteiger partial charge on any atom is -0.493 e. The van der Waals surface area contributed by atoms with E-state index in [1.54, 1.807) is 13.0 Å². The van der Waals surface area contributed by atoms with Crippen LogP contribution in [-0.2, 0) is 0 Å². The van der Waals surface area contributed by atoms with Crippen molar-refractivity contribution in [3.05, 3.63) is 22.8 Å². The number of ether oxygens (including phenoxy) is 2. The lowest BCUT2D eigenvalue weighted by Gasteiger charge is -2.11. The molecule has 0 amide bonds. The van der Waals surface area contributed by atoms with Crippen molar-refractivity contribution in [2.45, 2.75) is 6.92 Å². The van der Waals surface area contributed by atoms with Crippen LogP contribution >= 0.6 is 0 Å². The molecule has 0 saturated heterocycles. The van der Waals surface area contributed by atoms with Crippen molar-refractivity contribution in [3.8, 4) is 23.6 Å². The van der Waals surface area contributed by atoms with Crippen molar-refractivity contribution < 1.29 is 9.47 Å². The van der Waals surface area contributed by atoms with E-state index in [1.807, 2.05) is 12.1 Å². The van der Waals surface area contributed by atoms with Gasteiger partial charge in [-0.3, -0.25) is 0 Å². The fourth-order valence-corrected chi connectivity index (χ4v) is 1.34. The fraction of sp³-hybridized carbons (Fsp3) is 0.273. The Hall–Kier alpha value is -2.20. The molecule has 0 atom stereocenters. The first-order valence-corrected chi connectivity index (χ1v) is 4.25. The Morgan fingerprint density at radius 1 is 1.13 bits per heavy atom. The van der Waals surface area contributed by atoms with E-state index in [9.17, 15) is 0 Å². The largest absolute Gasteiger partial charge is 0.493 e. The van der Waals surface area contributed by atoms with Gasteiger partial charge in [0.1, 0.15) is 11.6 Å². The van der Waals surface area contributed by atoms with Gasteiger partial charge in [0.25, 0.3) is 0 Å². The van der Waals surface area contributed by atoms with E-state index in [0.29, 0.717) is 28.2 Å². The molecule has 15 heavy (non-hydrogen) atoms. The maximum Gasteiger partial charge on any atom is 0.178 e. The Morgan fingerprint density at radius 2 is 1.80 bits per heavy atom. The lowest BCUT2D eigenvalue weighted by atomic mass is 10.0. The molecule has 0 saturated carbocycles. The van der Waals surface area contributed by atoms with Gasteiger partial charge in [-0.05, 0) is 12.5 Å². The van der Waals surface area contributed by atoms with Gasteiger partial charge >= 0.3 is 0 Å². The number of benzene rings is 1. The van der Waals surface area contributed by atoms with Gasteiger partial charge in [-0.1, -0.05) is 0 Å². The van der Waals surface area contributed by atoms with Crippen molar-refractivity contribution in [1.82, 2.24) is 0 Å². The summed E-state index contributed by atoms with van der Waals surface area (Å²) in [6.07, 6.45) is 0. The standard InChI is InChI=1S/C11H10N2O2/c1-7-8(5-12)4-10(14-2)11(15-3)9(7)6-13/h4H,1-3H3. The monoisotopic (exact) mass is 202 g/mol. The summed E-state index contributed by atoms with van der Waals surface area (Å²) in [7, 11) is 2.93. The topological polar surface area (TPSA) is 66.0 Å². The second-order valence-electron chi connectivity index (χ2n) is 2.88. The summed E-state index contributed by atoms with van der Waals surface area (Å²) in [5.74, 6) is 0.771. The molecule has 0 aliphatic carbocycles. The molecule has 1 aromatic rings. The van der Waals surface area contributed by atoms with Crippen molar-refractivity contribution in [1.29, 1.82) is 10.5 Å². The molecule has 0 radical (unpaired) electrons. The molecule has 0 bridgehead atoms. The van der Waals surface area contributed by atoms with Crippen LogP contribution in [0.5, 0.6) is 11.5 Å². The van der Waals surface area contributed by atoms with Crippen LogP contribution < -0.4 is 9.47 Å². The van der Waals surface area contributed by atoms with Crippen LogP contribution in [0.4, 0.5) is 0 Å². The van der Waals surface area contributed by atoms with Gasteiger partial charge in [-0.2, -0.15) is 10.5 Å². The van der Waals surface area contributed by atoms with Crippen molar-refractivity contribution in [2.24, 2.45) is 0 Å². The zero-order valence-corrected chi connectivity index (χ0v) is 8.79. The normalized spacial score (nSPS) is 8.87. The van der Waals surface area contributed by atoms with Crippen LogP contribution in [0.25, 0.3) is 0 Å². The molecular formula is C11H10N2O2. The highest BCUT2D eigenvalue weighted by atomic mass is 16.5.